The van der Waals surface area contributed by atoms with Crippen LogP contribution in [0, 0.1) is 0 Å². The lowest BCUT2D eigenvalue weighted by molar-refractivity contribution is 0.505. The molecule has 0 atom stereocenters. The second kappa shape index (κ2) is 4.84. The molecular formula is C13H21N3S. The Balaban J connectivity index is 2.05. The highest BCUT2D eigenvalue weighted by Crippen LogP contribution is 2.33. The Morgan fingerprint density at radius 2 is 2.12 bits per heavy atom. The van der Waals surface area contributed by atoms with Crippen molar-refractivity contribution in [3.63, 3.8) is 0 Å². The molecule has 2 aliphatic rings. The smallest absolute Gasteiger partial charge is 0.191 e. The fourth-order valence-corrected chi connectivity index (χ4v) is 3.23. The molecule has 0 saturated heterocycles. The highest BCUT2D eigenvalue weighted by Gasteiger charge is 2.31. The van der Waals surface area contributed by atoms with E-state index in [9.17, 15) is 0 Å². The van der Waals surface area contributed by atoms with Gasteiger partial charge < -0.3 is 0 Å². The van der Waals surface area contributed by atoms with Crippen LogP contribution in [0.5, 0.6) is 0 Å². The van der Waals surface area contributed by atoms with E-state index in [2.05, 4.69) is 38.9 Å². The third-order valence-electron chi connectivity index (χ3n) is 2.88. The zero-order valence-corrected chi connectivity index (χ0v) is 12.0. The lowest BCUT2D eigenvalue weighted by Gasteiger charge is -2.27. The third-order valence-corrected chi connectivity index (χ3v) is 3.84. The molecule has 2 rings (SSSR count). The van der Waals surface area contributed by atoms with Crippen molar-refractivity contribution in [2.45, 2.75) is 58.9 Å². The van der Waals surface area contributed by atoms with Gasteiger partial charge in [0.15, 0.2) is 5.17 Å². The molecule has 0 aromatic heterocycles. The zero-order valence-electron chi connectivity index (χ0n) is 11.2. The molecule has 17 heavy (non-hydrogen) atoms. The van der Waals surface area contributed by atoms with Gasteiger partial charge in [0.25, 0.3) is 0 Å². The molecule has 0 radical (unpaired) electrons. The van der Waals surface area contributed by atoms with Gasteiger partial charge in [-0.1, -0.05) is 19.8 Å². The summed E-state index contributed by atoms with van der Waals surface area (Å²) in [7, 11) is 0. The van der Waals surface area contributed by atoms with Crippen molar-refractivity contribution in [3.8, 4) is 0 Å². The van der Waals surface area contributed by atoms with Gasteiger partial charge in [0.1, 0.15) is 5.04 Å². The van der Waals surface area contributed by atoms with E-state index < -0.39 is 0 Å². The molecule has 2 heterocycles. The normalized spacial score (nSPS) is 21.9. The van der Waals surface area contributed by atoms with Crippen molar-refractivity contribution in [2.24, 2.45) is 10.1 Å². The van der Waals surface area contributed by atoms with Crippen molar-refractivity contribution in [3.05, 3.63) is 11.8 Å². The minimum atomic E-state index is -0.0860. The van der Waals surface area contributed by atoms with Crippen molar-refractivity contribution in [2.75, 3.05) is 0 Å². The lowest BCUT2D eigenvalue weighted by Crippen LogP contribution is -2.29. The minimum absolute atomic E-state index is 0.0860. The Bertz CT molecular complexity index is 393. The number of hydrogen-bond acceptors (Lipinski definition) is 4. The van der Waals surface area contributed by atoms with Crippen LogP contribution in [0.2, 0.25) is 0 Å². The van der Waals surface area contributed by atoms with E-state index in [1.54, 1.807) is 11.8 Å². The quantitative estimate of drug-likeness (QED) is 0.707. The van der Waals surface area contributed by atoms with Crippen LogP contribution < -0.4 is 0 Å². The maximum atomic E-state index is 4.72. The van der Waals surface area contributed by atoms with E-state index in [1.807, 2.05) is 5.01 Å². The number of rotatable bonds is 4. The summed E-state index contributed by atoms with van der Waals surface area (Å²) in [6, 6.07) is 0. The van der Waals surface area contributed by atoms with Gasteiger partial charge in [-0.25, -0.2) is 10.0 Å². The summed E-state index contributed by atoms with van der Waals surface area (Å²) >= 11 is 1.74. The lowest BCUT2D eigenvalue weighted by atomic mass is 10.0. The van der Waals surface area contributed by atoms with Crippen LogP contribution in [0.1, 0.15) is 53.4 Å². The van der Waals surface area contributed by atoms with Crippen LogP contribution in [-0.4, -0.2) is 20.8 Å². The average molecular weight is 251 g/mol. The molecule has 0 bridgehead atoms. The molecule has 0 N–H and O–H groups in total. The number of allylic oxidation sites excluding steroid dienone is 1. The first-order valence-corrected chi connectivity index (χ1v) is 7.18. The van der Waals surface area contributed by atoms with E-state index >= 15 is 0 Å². The van der Waals surface area contributed by atoms with Crippen molar-refractivity contribution in [1.82, 2.24) is 5.01 Å². The summed E-state index contributed by atoms with van der Waals surface area (Å²) in [5.41, 5.74) is 1.11. The van der Waals surface area contributed by atoms with E-state index in [-0.39, 0.29) is 5.54 Å². The number of unbranched alkanes of at least 4 members (excludes halogenated alkanes) is 2. The molecule has 0 saturated carbocycles. The van der Waals surface area contributed by atoms with Gasteiger partial charge in [-0.3, -0.25) is 0 Å². The fourth-order valence-electron chi connectivity index (χ4n) is 2.10. The number of aliphatic imine (C=N–C) groups is 1. The van der Waals surface area contributed by atoms with Crippen LogP contribution in [0.15, 0.2) is 21.9 Å². The Morgan fingerprint density at radius 1 is 1.35 bits per heavy atom. The number of amidine groups is 1. The molecule has 0 aromatic rings. The second-order valence-corrected chi connectivity index (χ2v) is 6.24. The molecule has 0 unspecified atom stereocenters. The van der Waals surface area contributed by atoms with Gasteiger partial charge in [-0.2, -0.15) is 5.10 Å². The first-order valence-electron chi connectivity index (χ1n) is 6.36. The highest BCUT2D eigenvalue weighted by molar-refractivity contribution is 8.26. The highest BCUT2D eigenvalue weighted by atomic mass is 32.2. The molecule has 0 aliphatic carbocycles. The second-order valence-electron chi connectivity index (χ2n) is 5.20. The predicted molar refractivity (Wildman–Crippen MR) is 76.3 cm³/mol. The third kappa shape index (κ3) is 2.92. The average Bonchev–Trinajstić information content (AvgIpc) is 2.59. The SMILES string of the molecule is CCCCCC1=NN2C(C)=CC(C)(C)N=C2S1. The number of hydrazone groups is 1. The summed E-state index contributed by atoms with van der Waals surface area (Å²) in [5.74, 6) is 0. The molecule has 0 spiro atoms. The van der Waals surface area contributed by atoms with Gasteiger partial charge in [-0.05, 0) is 51.5 Å². The van der Waals surface area contributed by atoms with Crippen LogP contribution in [-0.2, 0) is 0 Å². The number of fused-ring (bicyclic) bond motifs is 1. The molecule has 2 aliphatic heterocycles. The monoisotopic (exact) mass is 251 g/mol. The molecule has 0 fully saturated rings. The molecule has 94 valence electrons. The summed E-state index contributed by atoms with van der Waals surface area (Å²) < 4.78 is 0. The molecule has 0 aromatic carbocycles. The van der Waals surface area contributed by atoms with Gasteiger partial charge in [0.2, 0.25) is 0 Å². The molecular weight excluding hydrogens is 230 g/mol. The first-order chi connectivity index (χ1) is 8.02. The topological polar surface area (TPSA) is 28.0 Å². The Hall–Kier alpha value is -0.770. The summed E-state index contributed by atoms with van der Waals surface area (Å²) in [6.45, 7) is 8.61. The van der Waals surface area contributed by atoms with E-state index in [0.717, 1.165) is 11.6 Å². The fraction of sp³-hybridized carbons (Fsp3) is 0.692. The summed E-state index contributed by atoms with van der Waals surface area (Å²) in [4.78, 5) is 4.72. The van der Waals surface area contributed by atoms with E-state index in [0.29, 0.717) is 0 Å². The van der Waals surface area contributed by atoms with Crippen LogP contribution >= 0.6 is 11.8 Å². The van der Waals surface area contributed by atoms with Crippen molar-refractivity contribution >= 4 is 22.0 Å². The molecule has 3 nitrogen and oxygen atoms in total. The van der Waals surface area contributed by atoms with Gasteiger partial charge >= 0.3 is 0 Å². The minimum Gasteiger partial charge on any atom is -0.250 e. The standard InChI is InChI=1S/C13H21N3S/c1-5-6-7-8-11-15-16-10(2)9-13(3,4)14-12(16)17-11/h9H,5-8H2,1-4H3. The maximum absolute atomic E-state index is 4.72. The Kier molecular flexibility index (Phi) is 3.61. The zero-order chi connectivity index (χ0) is 12.5. The number of nitrogens with zero attached hydrogens (tertiary/aromatic N) is 3. The van der Waals surface area contributed by atoms with Crippen LogP contribution in [0.25, 0.3) is 0 Å². The summed E-state index contributed by atoms with van der Waals surface area (Å²) in [6.07, 6.45) is 7.04. The maximum Gasteiger partial charge on any atom is 0.191 e. The number of hydrogen-bond donors (Lipinski definition) is 0. The van der Waals surface area contributed by atoms with E-state index in [1.165, 1.54) is 30.0 Å². The van der Waals surface area contributed by atoms with Crippen LogP contribution in [0.4, 0.5) is 0 Å². The largest absolute Gasteiger partial charge is 0.250 e. The van der Waals surface area contributed by atoms with Gasteiger partial charge in [0, 0.05) is 5.70 Å². The first kappa shape index (κ1) is 12.7. The van der Waals surface area contributed by atoms with E-state index in [4.69, 9.17) is 4.99 Å². The molecule has 4 heteroatoms. The Labute approximate surface area is 108 Å². The molecule has 0 amide bonds. The Morgan fingerprint density at radius 3 is 2.82 bits per heavy atom. The van der Waals surface area contributed by atoms with Crippen molar-refractivity contribution < 1.29 is 0 Å². The van der Waals surface area contributed by atoms with Gasteiger partial charge in [0.05, 0.1) is 5.54 Å². The van der Waals surface area contributed by atoms with Crippen LogP contribution in [0.3, 0.4) is 0 Å². The predicted octanol–water partition coefficient (Wildman–Crippen LogP) is 3.98. The van der Waals surface area contributed by atoms with Crippen molar-refractivity contribution in [1.29, 1.82) is 0 Å². The number of thioether (sulfide) groups is 1. The van der Waals surface area contributed by atoms with Gasteiger partial charge in [-0.15, -0.1) is 0 Å². The summed E-state index contributed by atoms with van der Waals surface area (Å²) in [5, 5.41) is 8.88.